The molecule has 0 spiro atoms. The van der Waals surface area contributed by atoms with E-state index in [1.807, 2.05) is 0 Å². The zero-order chi connectivity index (χ0) is 10.9. The predicted octanol–water partition coefficient (Wildman–Crippen LogP) is 3.06. The van der Waals surface area contributed by atoms with Crippen molar-refractivity contribution < 1.29 is 30.7 Å². The van der Waals surface area contributed by atoms with Gasteiger partial charge >= 0.3 is 12.6 Å². The molecule has 0 saturated heterocycles. The van der Waals surface area contributed by atoms with E-state index in [4.69, 9.17) is 0 Å². The van der Waals surface area contributed by atoms with Crippen LogP contribution in [0.15, 0.2) is 0 Å². The van der Waals surface area contributed by atoms with Crippen molar-refractivity contribution in [3.8, 4) is 0 Å². The molecule has 0 amide bonds. The molecule has 1 atom stereocenters. The molecule has 0 aliphatic carbocycles. The Morgan fingerprint density at radius 1 is 1.00 bits per heavy atom. The molecule has 1 nitrogen and oxygen atoms in total. The first-order valence-electron chi connectivity index (χ1n) is 2.74. The van der Waals surface area contributed by atoms with Gasteiger partial charge in [-0.2, -0.15) is 26.3 Å². The molecule has 1 unspecified atom stereocenters. The second kappa shape index (κ2) is 4.15. The van der Waals surface area contributed by atoms with E-state index in [1.165, 1.54) is 0 Å². The van der Waals surface area contributed by atoms with Crippen LogP contribution in [0.2, 0.25) is 0 Å². The average Bonchev–Trinajstić information content (AvgIpc) is 1.77. The summed E-state index contributed by atoms with van der Waals surface area (Å²) in [5.74, 6) is 0. The average molecular weight is 325 g/mol. The highest BCUT2D eigenvalue weighted by atomic mass is 127. The topological polar surface area (TPSA) is 3.24 Å². The smallest absolute Gasteiger partial charge is 0.235 e. The summed E-state index contributed by atoms with van der Waals surface area (Å²) >= 11 is 0.829. The minimum Gasteiger partial charge on any atom is -0.235 e. The van der Waals surface area contributed by atoms with Crippen LogP contribution in [0.1, 0.15) is 0 Å². The molecule has 80 valence electrons. The van der Waals surface area contributed by atoms with Crippen molar-refractivity contribution in [1.29, 1.82) is 0 Å². The molecule has 0 aromatic heterocycles. The molecule has 0 radical (unpaired) electrons. The first kappa shape index (κ1) is 13.2. The van der Waals surface area contributed by atoms with Gasteiger partial charge < -0.3 is 0 Å². The fraction of sp³-hybridized carbons (Fsp3) is 1.00. The summed E-state index contributed by atoms with van der Waals surface area (Å²) in [6, 6.07) is 0. The van der Waals surface area contributed by atoms with E-state index < -0.39 is 28.2 Å². The summed E-state index contributed by atoms with van der Waals surface area (Å²) in [7, 11) is 0. The van der Waals surface area contributed by atoms with Gasteiger partial charge in [0.25, 0.3) is 0 Å². The van der Waals surface area contributed by atoms with Crippen molar-refractivity contribution in [1.82, 2.24) is 4.90 Å². The lowest BCUT2D eigenvalue weighted by Crippen LogP contribution is -2.49. The van der Waals surface area contributed by atoms with E-state index in [2.05, 4.69) is 0 Å². The number of hydrogen-bond donors (Lipinski definition) is 0. The maximum absolute atomic E-state index is 12.0. The molecule has 0 aliphatic heterocycles. The second-order valence-electron chi connectivity index (χ2n) is 1.94. The lowest BCUT2D eigenvalue weighted by molar-refractivity contribution is -0.373. The highest BCUT2D eigenvalue weighted by molar-refractivity contribution is 14.1. The maximum atomic E-state index is 12.0. The fourth-order valence-electron chi connectivity index (χ4n) is 0.489. The van der Waals surface area contributed by atoms with Gasteiger partial charge in [0, 0.05) is 0 Å². The Hall–Kier alpha value is 0.200. The van der Waals surface area contributed by atoms with Crippen molar-refractivity contribution in [2.45, 2.75) is 16.8 Å². The Kier molecular flexibility index (Phi) is 4.22. The molecule has 13 heavy (non-hydrogen) atoms. The first-order valence-corrected chi connectivity index (χ1v) is 3.99. The van der Waals surface area contributed by atoms with Crippen molar-refractivity contribution in [3.05, 3.63) is 0 Å². The molecule has 0 aromatic carbocycles. The fourth-order valence-corrected chi connectivity index (χ4v) is 0.883. The third-order valence-electron chi connectivity index (χ3n) is 0.933. The van der Waals surface area contributed by atoms with Crippen molar-refractivity contribution in [3.63, 3.8) is 0 Å². The number of rotatable bonds is 2. The van der Waals surface area contributed by atoms with Crippen LogP contribution in [0.25, 0.3) is 0 Å². The van der Waals surface area contributed by atoms with Crippen LogP contribution >= 0.6 is 22.6 Å². The lowest BCUT2D eigenvalue weighted by atomic mass is 10.6. The van der Waals surface area contributed by atoms with Gasteiger partial charge in [-0.15, -0.1) is 4.90 Å². The quantitative estimate of drug-likeness (QED) is 0.326. The van der Waals surface area contributed by atoms with Gasteiger partial charge in [-0.25, -0.2) is 4.39 Å². The van der Waals surface area contributed by atoms with Crippen LogP contribution in [0.3, 0.4) is 0 Å². The lowest BCUT2D eigenvalue weighted by Gasteiger charge is -2.26. The summed E-state index contributed by atoms with van der Waals surface area (Å²) in [6.07, 6.45) is -11.2. The van der Waals surface area contributed by atoms with Crippen molar-refractivity contribution >= 4 is 22.6 Å². The van der Waals surface area contributed by atoms with Crippen LogP contribution < -0.4 is 0 Å². The molecule has 0 N–H and O–H groups in total. The molecule has 0 aliphatic rings. The molecule has 0 fully saturated rings. The largest absolute Gasteiger partial charge is 0.467 e. The standard InChI is InChI=1S/C4H3F7IN/c5-2(12)1-13(3(6,7)8)4(9,10)11/h2H,1H2. The second-order valence-corrected chi connectivity index (χ2v) is 3.29. The minimum absolute atomic E-state index is 0.829. The zero-order valence-corrected chi connectivity index (χ0v) is 7.91. The van der Waals surface area contributed by atoms with Crippen LogP contribution in [0, 0.1) is 0 Å². The summed E-state index contributed by atoms with van der Waals surface area (Å²) in [6.45, 7) is -1.76. The molecular weight excluding hydrogens is 322 g/mol. The summed E-state index contributed by atoms with van der Waals surface area (Å²) in [4.78, 5) is -1.81. The van der Waals surface area contributed by atoms with E-state index in [0.717, 1.165) is 22.6 Å². The number of hydrogen-bond acceptors (Lipinski definition) is 1. The Morgan fingerprint density at radius 2 is 1.31 bits per heavy atom. The van der Waals surface area contributed by atoms with Gasteiger partial charge in [0.1, 0.15) is 0 Å². The maximum Gasteiger partial charge on any atom is 0.467 e. The number of nitrogens with zero attached hydrogens (tertiary/aromatic N) is 1. The van der Waals surface area contributed by atoms with E-state index >= 15 is 0 Å². The van der Waals surface area contributed by atoms with E-state index in [1.54, 1.807) is 0 Å². The summed E-state index contributed by atoms with van der Waals surface area (Å²) in [5, 5.41) is 0. The Bertz CT molecular complexity index is 147. The van der Waals surface area contributed by atoms with Crippen LogP contribution in [0.5, 0.6) is 0 Å². The molecule has 0 aromatic rings. The van der Waals surface area contributed by atoms with Gasteiger partial charge in [-0.3, -0.25) is 0 Å². The zero-order valence-electron chi connectivity index (χ0n) is 5.76. The van der Waals surface area contributed by atoms with Gasteiger partial charge in [0.15, 0.2) is 4.18 Å². The van der Waals surface area contributed by atoms with E-state index in [0.29, 0.717) is 0 Å². The molecule has 0 saturated carbocycles. The SMILES string of the molecule is FC(I)CN(C(F)(F)F)C(F)(F)F. The Labute approximate surface area is 82.0 Å². The highest BCUT2D eigenvalue weighted by Gasteiger charge is 2.54. The number of halogens is 8. The van der Waals surface area contributed by atoms with Gasteiger partial charge in [0.05, 0.1) is 6.54 Å². The Balaban J connectivity index is 4.58. The normalized spacial score (nSPS) is 16.4. The summed E-state index contributed by atoms with van der Waals surface area (Å²) in [5.41, 5.74) is 0. The minimum atomic E-state index is -5.60. The van der Waals surface area contributed by atoms with Crippen molar-refractivity contribution in [2.75, 3.05) is 6.54 Å². The molecule has 0 rings (SSSR count). The third kappa shape index (κ3) is 4.84. The predicted molar refractivity (Wildman–Crippen MR) is 37.7 cm³/mol. The van der Waals surface area contributed by atoms with Gasteiger partial charge in [0.2, 0.25) is 0 Å². The highest BCUT2D eigenvalue weighted by Crippen LogP contribution is 2.34. The van der Waals surface area contributed by atoms with Gasteiger partial charge in [-0.05, 0) is 22.6 Å². The van der Waals surface area contributed by atoms with Crippen LogP contribution in [0.4, 0.5) is 30.7 Å². The molecule has 9 heteroatoms. The van der Waals surface area contributed by atoms with Crippen LogP contribution in [-0.4, -0.2) is 28.2 Å². The first-order chi connectivity index (χ1) is 5.55. The van der Waals surface area contributed by atoms with E-state index in [9.17, 15) is 30.7 Å². The summed E-state index contributed by atoms with van der Waals surface area (Å²) < 4.78 is 79.4. The molecule has 0 heterocycles. The Morgan fingerprint density at radius 3 is 1.38 bits per heavy atom. The number of alkyl halides is 8. The van der Waals surface area contributed by atoms with E-state index in [-0.39, 0.29) is 0 Å². The van der Waals surface area contributed by atoms with Crippen LogP contribution in [-0.2, 0) is 0 Å². The molecule has 0 bridgehead atoms. The monoisotopic (exact) mass is 325 g/mol. The van der Waals surface area contributed by atoms with Crippen molar-refractivity contribution in [2.24, 2.45) is 0 Å². The third-order valence-corrected chi connectivity index (χ3v) is 1.33. The molecular formula is C4H3F7IN. The van der Waals surface area contributed by atoms with Gasteiger partial charge in [-0.1, -0.05) is 0 Å².